The van der Waals surface area contributed by atoms with Crippen molar-refractivity contribution in [2.75, 3.05) is 5.73 Å². The van der Waals surface area contributed by atoms with Crippen molar-refractivity contribution in [3.8, 4) is 11.4 Å². The van der Waals surface area contributed by atoms with Gasteiger partial charge in [-0.1, -0.05) is 30.1 Å². The molecule has 2 rings (SSSR count). The number of rotatable bonds is 3. The standard InChI is InChI=1S/C14H15Cl2N3O/c1-3-11-12(17)14(20)19(4-2)13(18-11)9-6-5-8(15)7-10(9)16/h5-7H,3-4,17H2,1-2H3. The molecule has 1 heterocycles. The van der Waals surface area contributed by atoms with Gasteiger partial charge in [0.1, 0.15) is 11.5 Å². The largest absolute Gasteiger partial charge is 0.393 e. The van der Waals surface area contributed by atoms with E-state index in [1.807, 2.05) is 13.8 Å². The molecule has 106 valence electrons. The third-order valence-electron chi connectivity index (χ3n) is 3.11. The minimum atomic E-state index is -0.236. The first kappa shape index (κ1) is 14.9. The molecule has 0 bridgehead atoms. The molecule has 2 N–H and O–H groups in total. The van der Waals surface area contributed by atoms with Crippen LogP contribution in [0.1, 0.15) is 19.5 Å². The van der Waals surface area contributed by atoms with E-state index >= 15 is 0 Å². The second kappa shape index (κ2) is 5.85. The maximum atomic E-state index is 12.3. The zero-order valence-electron chi connectivity index (χ0n) is 11.3. The van der Waals surface area contributed by atoms with E-state index in [9.17, 15) is 4.79 Å². The zero-order valence-corrected chi connectivity index (χ0v) is 12.8. The molecule has 6 heteroatoms. The van der Waals surface area contributed by atoms with Gasteiger partial charge in [0.15, 0.2) is 0 Å². The van der Waals surface area contributed by atoms with Crippen LogP contribution in [0.5, 0.6) is 0 Å². The summed E-state index contributed by atoms with van der Waals surface area (Å²) in [5.74, 6) is 0.519. The molecule has 0 aliphatic heterocycles. The Bertz CT molecular complexity index is 710. The maximum Gasteiger partial charge on any atom is 0.277 e. The van der Waals surface area contributed by atoms with E-state index in [2.05, 4.69) is 4.98 Å². The normalized spacial score (nSPS) is 10.8. The van der Waals surface area contributed by atoms with Gasteiger partial charge in [-0.25, -0.2) is 4.98 Å². The number of hydrogen-bond donors (Lipinski definition) is 1. The Kier molecular flexibility index (Phi) is 4.35. The summed E-state index contributed by atoms with van der Waals surface area (Å²) in [6, 6.07) is 5.11. The second-order valence-corrected chi connectivity index (χ2v) is 5.17. The van der Waals surface area contributed by atoms with Crippen LogP contribution in [0.2, 0.25) is 10.0 Å². The van der Waals surface area contributed by atoms with E-state index in [-0.39, 0.29) is 11.2 Å². The van der Waals surface area contributed by atoms with E-state index in [1.165, 1.54) is 4.57 Å². The Morgan fingerprint density at radius 2 is 2.00 bits per heavy atom. The van der Waals surface area contributed by atoms with Crippen molar-refractivity contribution in [2.24, 2.45) is 0 Å². The summed E-state index contributed by atoms with van der Waals surface area (Å²) in [6.45, 7) is 4.23. The van der Waals surface area contributed by atoms with Crippen molar-refractivity contribution >= 4 is 28.9 Å². The first-order valence-electron chi connectivity index (χ1n) is 6.34. The first-order valence-corrected chi connectivity index (χ1v) is 7.09. The Balaban J connectivity index is 2.79. The highest BCUT2D eigenvalue weighted by Gasteiger charge is 2.16. The van der Waals surface area contributed by atoms with Crippen LogP contribution in [0.3, 0.4) is 0 Å². The lowest BCUT2D eigenvalue weighted by Crippen LogP contribution is -2.27. The molecule has 0 saturated carbocycles. The van der Waals surface area contributed by atoms with Crippen LogP contribution in [0.4, 0.5) is 5.69 Å². The average molecular weight is 312 g/mol. The van der Waals surface area contributed by atoms with E-state index in [1.54, 1.807) is 18.2 Å². The molecular weight excluding hydrogens is 297 g/mol. The van der Waals surface area contributed by atoms with Crippen LogP contribution >= 0.6 is 23.2 Å². The number of aromatic nitrogens is 2. The number of halogens is 2. The van der Waals surface area contributed by atoms with Crippen LogP contribution in [0.15, 0.2) is 23.0 Å². The topological polar surface area (TPSA) is 60.9 Å². The highest BCUT2D eigenvalue weighted by molar-refractivity contribution is 6.36. The molecule has 0 saturated heterocycles. The van der Waals surface area contributed by atoms with Gasteiger partial charge in [-0.15, -0.1) is 0 Å². The number of nitrogens with two attached hydrogens (primary N) is 1. The number of benzene rings is 1. The van der Waals surface area contributed by atoms with Crippen molar-refractivity contribution in [1.82, 2.24) is 9.55 Å². The first-order chi connectivity index (χ1) is 9.49. The van der Waals surface area contributed by atoms with E-state index in [4.69, 9.17) is 28.9 Å². The van der Waals surface area contributed by atoms with Crippen molar-refractivity contribution < 1.29 is 0 Å². The molecule has 2 aromatic rings. The van der Waals surface area contributed by atoms with E-state index < -0.39 is 0 Å². The number of nitrogens with zero attached hydrogens (tertiary/aromatic N) is 2. The molecule has 0 radical (unpaired) electrons. The van der Waals surface area contributed by atoms with Gasteiger partial charge in [-0.05, 0) is 31.5 Å². The molecular formula is C14H15Cl2N3O. The van der Waals surface area contributed by atoms with Gasteiger partial charge in [0, 0.05) is 17.1 Å². The fraction of sp³-hybridized carbons (Fsp3) is 0.286. The second-order valence-electron chi connectivity index (χ2n) is 4.32. The molecule has 20 heavy (non-hydrogen) atoms. The lowest BCUT2D eigenvalue weighted by Gasteiger charge is -2.14. The summed E-state index contributed by atoms with van der Waals surface area (Å²) in [4.78, 5) is 16.8. The number of anilines is 1. The Morgan fingerprint density at radius 3 is 2.55 bits per heavy atom. The molecule has 0 aliphatic rings. The molecule has 4 nitrogen and oxygen atoms in total. The number of nitrogen functional groups attached to an aromatic ring is 1. The van der Waals surface area contributed by atoms with Crippen LogP contribution in [-0.2, 0) is 13.0 Å². The van der Waals surface area contributed by atoms with Gasteiger partial charge in [-0.2, -0.15) is 0 Å². The number of aryl methyl sites for hydroxylation is 1. The smallest absolute Gasteiger partial charge is 0.277 e. The highest BCUT2D eigenvalue weighted by Crippen LogP contribution is 2.29. The van der Waals surface area contributed by atoms with Gasteiger partial charge in [0.2, 0.25) is 0 Å². The van der Waals surface area contributed by atoms with E-state index in [0.717, 1.165) is 0 Å². The summed E-state index contributed by atoms with van der Waals surface area (Å²) in [5.41, 5.74) is 7.05. The highest BCUT2D eigenvalue weighted by atomic mass is 35.5. The molecule has 1 aromatic carbocycles. The van der Waals surface area contributed by atoms with Crippen LogP contribution in [0.25, 0.3) is 11.4 Å². The van der Waals surface area contributed by atoms with Gasteiger partial charge in [0.25, 0.3) is 5.56 Å². The van der Waals surface area contributed by atoms with Crippen LogP contribution in [-0.4, -0.2) is 9.55 Å². The summed E-state index contributed by atoms with van der Waals surface area (Å²) >= 11 is 12.1. The number of hydrogen-bond acceptors (Lipinski definition) is 3. The summed E-state index contributed by atoms with van der Waals surface area (Å²) < 4.78 is 1.52. The van der Waals surface area contributed by atoms with E-state index in [0.29, 0.717) is 40.1 Å². The summed E-state index contributed by atoms with van der Waals surface area (Å²) in [5, 5.41) is 0.994. The summed E-state index contributed by atoms with van der Waals surface area (Å²) in [6.07, 6.45) is 0.587. The van der Waals surface area contributed by atoms with Crippen molar-refractivity contribution in [3.05, 3.63) is 44.3 Å². The predicted molar refractivity (Wildman–Crippen MR) is 83.4 cm³/mol. The van der Waals surface area contributed by atoms with Crippen LogP contribution < -0.4 is 11.3 Å². The Morgan fingerprint density at radius 1 is 1.30 bits per heavy atom. The molecule has 0 unspecified atom stereocenters. The fourth-order valence-electron chi connectivity index (χ4n) is 2.05. The van der Waals surface area contributed by atoms with Gasteiger partial charge in [0.05, 0.1) is 10.7 Å². The fourth-order valence-corrected chi connectivity index (χ4v) is 2.55. The third kappa shape index (κ3) is 2.53. The van der Waals surface area contributed by atoms with Crippen molar-refractivity contribution in [3.63, 3.8) is 0 Å². The van der Waals surface area contributed by atoms with Gasteiger partial charge in [-0.3, -0.25) is 9.36 Å². The third-order valence-corrected chi connectivity index (χ3v) is 3.65. The summed E-state index contributed by atoms with van der Waals surface area (Å²) in [7, 11) is 0. The lowest BCUT2D eigenvalue weighted by atomic mass is 10.2. The van der Waals surface area contributed by atoms with Crippen LogP contribution in [0, 0.1) is 0 Å². The molecule has 0 aliphatic carbocycles. The molecule has 1 aromatic heterocycles. The minimum absolute atomic E-state index is 0.197. The average Bonchev–Trinajstić information content (AvgIpc) is 2.42. The predicted octanol–water partition coefficient (Wildman–Crippen LogP) is 3.38. The molecule has 0 atom stereocenters. The SMILES string of the molecule is CCc1nc(-c2ccc(Cl)cc2Cl)n(CC)c(=O)c1N. The zero-order chi connectivity index (χ0) is 14.9. The Labute approximate surface area is 127 Å². The minimum Gasteiger partial charge on any atom is -0.393 e. The molecule has 0 spiro atoms. The lowest BCUT2D eigenvalue weighted by molar-refractivity contribution is 0.712. The van der Waals surface area contributed by atoms with Gasteiger partial charge >= 0.3 is 0 Å². The van der Waals surface area contributed by atoms with Gasteiger partial charge < -0.3 is 5.73 Å². The quantitative estimate of drug-likeness (QED) is 0.945. The Hall–Kier alpha value is -1.52. The van der Waals surface area contributed by atoms with Crippen molar-refractivity contribution in [2.45, 2.75) is 26.8 Å². The maximum absolute atomic E-state index is 12.3. The molecule has 0 fully saturated rings. The monoisotopic (exact) mass is 311 g/mol. The van der Waals surface area contributed by atoms with Crippen molar-refractivity contribution in [1.29, 1.82) is 0 Å². The molecule has 0 amide bonds.